The highest BCUT2D eigenvalue weighted by Crippen LogP contribution is 2.12. The first-order chi connectivity index (χ1) is 13.0. The number of nitrogens with zero attached hydrogens (tertiary/aromatic N) is 3. The Balaban J connectivity index is 1.82. The number of benzene rings is 1. The number of non-ortho nitro benzene ring substituents is 1. The van der Waals surface area contributed by atoms with Crippen LogP contribution >= 0.6 is 0 Å². The van der Waals surface area contributed by atoms with Crippen molar-refractivity contribution >= 4 is 11.6 Å². The third-order valence-corrected chi connectivity index (χ3v) is 4.17. The molecule has 1 aromatic rings. The van der Waals surface area contributed by atoms with Gasteiger partial charge in [-0.3, -0.25) is 15.0 Å². The van der Waals surface area contributed by atoms with Crippen LogP contribution in [0.3, 0.4) is 0 Å². The Hall–Kier alpha value is -2.45. The van der Waals surface area contributed by atoms with Gasteiger partial charge in [0.05, 0.1) is 24.7 Å². The van der Waals surface area contributed by atoms with Crippen LogP contribution in [0.4, 0.5) is 5.69 Å². The maximum atomic E-state index is 10.7. The van der Waals surface area contributed by atoms with E-state index < -0.39 is 4.92 Å². The lowest BCUT2D eigenvalue weighted by Crippen LogP contribution is -2.41. The number of rotatable bonds is 9. The third kappa shape index (κ3) is 8.19. The van der Waals surface area contributed by atoms with E-state index in [0.717, 1.165) is 62.9 Å². The van der Waals surface area contributed by atoms with Crippen LogP contribution in [-0.2, 0) is 11.3 Å². The summed E-state index contributed by atoms with van der Waals surface area (Å²) in [5.41, 5.74) is 2.03. The van der Waals surface area contributed by atoms with Crippen LogP contribution in [0, 0.1) is 10.1 Å². The molecule has 1 aliphatic rings. The molecule has 1 heterocycles. The highest BCUT2D eigenvalue weighted by molar-refractivity contribution is 5.80. The molecule has 0 aliphatic carbocycles. The summed E-state index contributed by atoms with van der Waals surface area (Å²) < 4.78 is 5.36. The maximum Gasteiger partial charge on any atom is 0.269 e. The summed E-state index contributed by atoms with van der Waals surface area (Å²) in [7, 11) is 0. The number of nitrogens with one attached hydrogen (secondary N) is 2. The minimum Gasteiger partial charge on any atom is -0.379 e. The molecule has 1 fully saturated rings. The molecule has 27 heavy (non-hydrogen) atoms. The first-order valence-electron chi connectivity index (χ1n) is 9.24. The van der Waals surface area contributed by atoms with Crippen LogP contribution < -0.4 is 10.6 Å². The number of aliphatic imine (C=N–C) groups is 1. The number of guanidine groups is 1. The Bertz CT molecular complexity index is 639. The molecule has 0 bridgehead atoms. The molecule has 2 rings (SSSR count). The van der Waals surface area contributed by atoms with Crippen LogP contribution in [0.15, 0.2) is 41.4 Å². The second kappa shape index (κ2) is 11.3. The van der Waals surface area contributed by atoms with E-state index in [1.54, 1.807) is 12.1 Å². The molecule has 2 N–H and O–H groups in total. The lowest BCUT2D eigenvalue weighted by Gasteiger charge is -2.26. The fraction of sp³-hybridized carbons (Fsp3) is 0.526. The van der Waals surface area contributed by atoms with Gasteiger partial charge in [-0.05, 0) is 25.5 Å². The predicted octanol–water partition coefficient (Wildman–Crippen LogP) is 1.93. The van der Waals surface area contributed by atoms with E-state index >= 15 is 0 Å². The minimum atomic E-state index is -0.400. The van der Waals surface area contributed by atoms with Crippen LogP contribution in [0.2, 0.25) is 0 Å². The lowest BCUT2D eigenvalue weighted by molar-refractivity contribution is -0.384. The molecule has 0 radical (unpaired) electrons. The zero-order valence-corrected chi connectivity index (χ0v) is 15.9. The standard InChI is InChI=1S/C19H29N5O3/c1-16(2)14-21-19(20-8-3-9-23-10-12-27-13-11-23)22-15-17-4-6-18(7-5-17)24(25)26/h4-7H,1,3,8-15H2,2H3,(H2,20,21,22). The van der Waals surface area contributed by atoms with Gasteiger partial charge in [-0.15, -0.1) is 0 Å². The molecule has 0 atom stereocenters. The van der Waals surface area contributed by atoms with Crippen LogP contribution in [-0.4, -0.2) is 61.7 Å². The average Bonchev–Trinajstić information content (AvgIpc) is 2.67. The van der Waals surface area contributed by atoms with Crippen molar-refractivity contribution in [2.24, 2.45) is 4.99 Å². The number of nitro groups is 1. The van der Waals surface area contributed by atoms with E-state index in [9.17, 15) is 10.1 Å². The molecule has 1 aromatic carbocycles. The Kier molecular flexibility index (Phi) is 8.73. The van der Waals surface area contributed by atoms with E-state index in [4.69, 9.17) is 4.74 Å². The first kappa shape index (κ1) is 20.9. The Morgan fingerprint density at radius 2 is 2.00 bits per heavy atom. The summed E-state index contributed by atoms with van der Waals surface area (Å²) >= 11 is 0. The second-order valence-electron chi connectivity index (χ2n) is 6.63. The minimum absolute atomic E-state index is 0.0876. The molecular weight excluding hydrogens is 346 g/mol. The Morgan fingerprint density at radius 3 is 2.63 bits per heavy atom. The van der Waals surface area contributed by atoms with Crippen molar-refractivity contribution in [1.29, 1.82) is 0 Å². The van der Waals surface area contributed by atoms with Gasteiger partial charge in [-0.1, -0.05) is 24.3 Å². The third-order valence-electron chi connectivity index (χ3n) is 4.17. The van der Waals surface area contributed by atoms with Crippen molar-refractivity contribution in [2.75, 3.05) is 45.9 Å². The number of ether oxygens (including phenoxy) is 1. The van der Waals surface area contributed by atoms with Gasteiger partial charge in [0.1, 0.15) is 0 Å². The Morgan fingerprint density at radius 1 is 1.30 bits per heavy atom. The quantitative estimate of drug-likeness (QED) is 0.171. The van der Waals surface area contributed by atoms with E-state index in [0.29, 0.717) is 13.1 Å². The lowest BCUT2D eigenvalue weighted by atomic mass is 10.2. The maximum absolute atomic E-state index is 10.7. The molecule has 1 aliphatic heterocycles. The number of morpholine rings is 1. The summed E-state index contributed by atoms with van der Waals surface area (Å²) in [6.45, 7) is 12.4. The van der Waals surface area contributed by atoms with Gasteiger partial charge in [-0.2, -0.15) is 0 Å². The molecular formula is C19H29N5O3. The molecule has 8 nitrogen and oxygen atoms in total. The molecule has 0 aromatic heterocycles. The second-order valence-corrected chi connectivity index (χ2v) is 6.63. The van der Waals surface area contributed by atoms with Crippen molar-refractivity contribution in [3.8, 4) is 0 Å². The summed E-state index contributed by atoms with van der Waals surface area (Å²) in [6, 6.07) is 6.47. The number of hydrogen-bond acceptors (Lipinski definition) is 5. The molecule has 0 unspecified atom stereocenters. The van der Waals surface area contributed by atoms with Gasteiger partial charge in [0, 0.05) is 38.3 Å². The van der Waals surface area contributed by atoms with Crippen LogP contribution in [0.5, 0.6) is 0 Å². The summed E-state index contributed by atoms with van der Waals surface area (Å²) in [5.74, 6) is 0.721. The van der Waals surface area contributed by atoms with Crippen molar-refractivity contribution < 1.29 is 9.66 Å². The van der Waals surface area contributed by atoms with Gasteiger partial charge in [0.15, 0.2) is 5.96 Å². The molecule has 1 saturated heterocycles. The normalized spacial score (nSPS) is 15.4. The largest absolute Gasteiger partial charge is 0.379 e. The van der Waals surface area contributed by atoms with E-state index in [1.807, 2.05) is 6.92 Å². The summed E-state index contributed by atoms with van der Waals surface area (Å²) in [4.78, 5) is 17.3. The van der Waals surface area contributed by atoms with Gasteiger partial charge >= 0.3 is 0 Å². The molecule has 0 saturated carbocycles. The van der Waals surface area contributed by atoms with Crippen molar-refractivity contribution in [2.45, 2.75) is 19.9 Å². The van der Waals surface area contributed by atoms with Crippen molar-refractivity contribution in [1.82, 2.24) is 15.5 Å². The first-order valence-corrected chi connectivity index (χ1v) is 9.24. The summed E-state index contributed by atoms with van der Waals surface area (Å²) in [6.07, 6.45) is 1.02. The number of nitro benzene ring substituents is 1. The molecule has 8 heteroatoms. The van der Waals surface area contributed by atoms with Gasteiger partial charge in [0.2, 0.25) is 0 Å². The highest BCUT2D eigenvalue weighted by atomic mass is 16.6. The fourth-order valence-corrected chi connectivity index (χ4v) is 2.64. The molecule has 0 spiro atoms. The monoisotopic (exact) mass is 375 g/mol. The summed E-state index contributed by atoms with van der Waals surface area (Å²) in [5, 5.41) is 17.3. The van der Waals surface area contributed by atoms with E-state index in [2.05, 4.69) is 27.1 Å². The molecule has 148 valence electrons. The van der Waals surface area contributed by atoms with Crippen LogP contribution in [0.1, 0.15) is 18.9 Å². The Labute approximate surface area is 160 Å². The average molecular weight is 375 g/mol. The van der Waals surface area contributed by atoms with Crippen LogP contribution in [0.25, 0.3) is 0 Å². The number of hydrogen-bond donors (Lipinski definition) is 2. The van der Waals surface area contributed by atoms with E-state index in [1.165, 1.54) is 12.1 Å². The predicted molar refractivity (Wildman–Crippen MR) is 107 cm³/mol. The van der Waals surface area contributed by atoms with Gasteiger partial charge in [-0.25, -0.2) is 4.99 Å². The smallest absolute Gasteiger partial charge is 0.269 e. The zero-order valence-electron chi connectivity index (χ0n) is 15.9. The fourth-order valence-electron chi connectivity index (χ4n) is 2.64. The SMILES string of the molecule is C=C(C)CNC(=NCc1ccc([N+](=O)[O-])cc1)NCCCN1CCOCC1. The highest BCUT2D eigenvalue weighted by Gasteiger charge is 2.09. The van der Waals surface area contributed by atoms with Gasteiger partial charge < -0.3 is 15.4 Å². The van der Waals surface area contributed by atoms with Gasteiger partial charge in [0.25, 0.3) is 5.69 Å². The van der Waals surface area contributed by atoms with Crippen molar-refractivity contribution in [3.63, 3.8) is 0 Å². The van der Waals surface area contributed by atoms with Crippen molar-refractivity contribution in [3.05, 3.63) is 52.1 Å². The van der Waals surface area contributed by atoms with E-state index in [-0.39, 0.29) is 5.69 Å². The molecule has 0 amide bonds. The topological polar surface area (TPSA) is 92.0 Å². The zero-order chi connectivity index (χ0) is 19.5.